The van der Waals surface area contributed by atoms with Crippen molar-refractivity contribution >= 4 is 5.82 Å². The molecule has 0 radical (unpaired) electrons. The minimum Gasteiger partial charge on any atom is -0.348 e. The summed E-state index contributed by atoms with van der Waals surface area (Å²) in [5.41, 5.74) is -0.185. The van der Waals surface area contributed by atoms with E-state index in [1.54, 1.807) is 6.92 Å². The van der Waals surface area contributed by atoms with E-state index in [1.807, 2.05) is 0 Å². The second-order valence-electron chi connectivity index (χ2n) is 5.30. The second-order valence-corrected chi connectivity index (χ2v) is 5.30. The van der Waals surface area contributed by atoms with Gasteiger partial charge in [0.1, 0.15) is 5.82 Å². The van der Waals surface area contributed by atoms with Gasteiger partial charge in [0, 0.05) is 30.9 Å². The van der Waals surface area contributed by atoms with Gasteiger partial charge in [-0.2, -0.15) is 13.2 Å². The number of aromatic nitrogens is 1. The maximum absolute atomic E-state index is 12.9. The predicted molar refractivity (Wildman–Crippen MR) is 66.1 cm³/mol. The van der Waals surface area contributed by atoms with Crippen LogP contribution in [0.5, 0.6) is 0 Å². The number of hydrogen-bond donors (Lipinski definition) is 1. The first-order chi connectivity index (χ1) is 8.95. The molecular formula is C13H16F3N3. The third-order valence-electron chi connectivity index (χ3n) is 3.91. The van der Waals surface area contributed by atoms with Crippen LogP contribution in [0.3, 0.4) is 0 Å². The van der Waals surface area contributed by atoms with Crippen molar-refractivity contribution in [1.82, 2.24) is 10.3 Å². The molecule has 2 saturated heterocycles. The van der Waals surface area contributed by atoms with Crippen molar-refractivity contribution in [3.05, 3.63) is 23.4 Å². The number of nitrogens with zero attached hydrogens (tertiary/aromatic N) is 2. The Morgan fingerprint density at radius 2 is 1.84 bits per heavy atom. The Morgan fingerprint density at radius 1 is 1.21 bits per heavy atom. The van der Waals surface area contributed by atoms with E-state index in [1.165, 1.54) is 6.07 Å². The number of piperazine rings is 1. The second kappa shape index (κ2) is 4.37. The Kier molecular flexibility index (Phi) is 2.92. The van der Waals surface area contributed by atoms with E-state index in [9.17, 15) is 13.2 Å². The SMILES string of the molecule is Cc1cc(C(F)(F)F)cc(N2C3CCC2CNC3)n1. The molecule has 1 N–H and O–H groups in total. The summed E-state index contributed by atoms with van der Waals surface area (Å²) in [6.45, 7) is 3.27. The van der Waals surface area contributed by atoms with Gasteiger partial charge in [0.25, 0.3) is 0 Å². The largest absolute Gasteiger partial charge is 0.416 e. The van der Waals surface area contributed by atoms with Crippen LogP contribution in [0, 0.1) is 6.92 Å². The molecule has 0 aliphatic carbocycles. The van der Waals surface area contributed by atoms with E-state index in [4.69, 9.17) is 0 Å². The van der Waals surface area contributed by atoms with Crippen molar-refractivity contribution in [1.29, 1.82) is 0 Å². The van der Waals surface area contributed by atoms with Gasteiger partial charge in [0.2, 0.25) is 0 Å². The summed E-state index contributed by atoms with van der Waals surface area (Å²) in [7, 11) is 0. The van der Waals surface area contributed by atoms with Gasteiger partial charge >= 0.3 is 6.18 Å². The molecule has 0 aromatic carbocycles. The van der Waals surface area contributed by atoms with Crippen LogP contribution in [-0.4, -0.2) is 30.2 Å². The van der Waals surface area contributed by atoms with Crippen molar-refractivity contribution in [3.63, 3.8) is 0 Å². The quantitative estimate of drug-likeness (QED) is 0.850. The summed E-state index contributed by atoms with van der Waals surface area (Å²) in [4.78, 5) is 6.38. The molecule has 2 fully saturated rings. The molecule has 0 amide bonds. The van der Waals surface area contributed by atoms with Crippen molar-refractivity contribution in [2.24, 2.45) is 0 Å². The first-order valence-corrected chi connectivity index (χ1v) is 6.50. The van der Waals surface area contributed by atoms with Crippen LogP contribution in [-0.2, 0) is 6.18 Å². The smallest absolute Gasteiger partial charge is 0.348 e. The maximum Gasteiger partial charge on any atom is 0.416 e. The number of aryl methyl sites for hydroxylation is 1. The van der Waals surface area contributed by atoms with Gasteiger partial charge < -0.3 is 10.2 Å². The van der Waals surface area contributed by atoms with Crippen molar-refractivity contribution in [3.8, 4) is 0 Å². The number of nitrogens with one attached hydrogen (secondary N) is 1. The fraction of sp³-hybridized carbons (Fsp3) is 0.615. The summed E-state index contributed by atoms with van der Waals surface area (Å²) >= 11 is 0. The van der Waals surface area contributed by atoms with Crippen LogP contribution in [0.15, 0.2) is 12.1 Å². The molecule has 3 heterocycles. The summed E-state index contributed by atoms with van der Waals surface area (Å²) in [5.74, 6) is 0.473. The van der Waals surface area contributed by atoms with Gasteiger partial charge in [0.05, 0.1) is 5.56 Å². The standard InChI is InChI=1S/C13H16F3N3/c1-8-4-9(13(14,15)16)5-12(18-8)19-10-2-3-11(19)7-17-6-10/h4-5,10-11,17H,2-3,6-7H2,1H3. The van der Waals surface area contributed by atoms with E-state index >= 15 is 0 Å². The molecule has 1 aromatic rings. The lowest BCUT2D eigenvalue weighted by atomic mass is 10.1. The molecule has 3 rings (SSSR count). The number of anilines is 1. The van der Waals surface area contributed by atoms with Crippen LogP contribution >= 0.6 is 0 Å². The Bertz CT molecular complexity index is 471. The molecule has 2 unspecified atom stereocenters. The monoisotopic (exact) mass is 271 g/mol. The summed E-state index contributed by atoms with van der Waals surface area (Å²) < 4.78 is 38.6. The van der Waals surface area contributed by atoms with Crippen LogP contribution in [0.1, 0.15) is 24.1 Å². The van der Waals surface area contributed by atoms with Crippen molar-refractivity contribution in [2.75, 3.05) is 18.0 Å². The van der Waals surface area contributed by atoms with Gasteiger partial charge in [0.15, 0.2) is 0 Å². The molecular weight excluding hydrogens is 255 g/mol. The van der Waals surface area contributed by atoms with E-state index in [0.717, 1.165) is 32.0 Å². The Balaban J connectivity index is 1.99. The van der Waals surface area contributed by atoms with Gasteiger partial charge in [-0.25, -0.2) is 4.98 Å². The first-order valence-electron chi connectivity index (χ1n) is 6.50. The molecule has 0 spiro atoms. The highest BCUT2D eigenvalue weighted by Crippen LogP contribution is 2.35. The average molecular weight is 271 g/mol. The Hall–Kier alpha value is -1.30. The van der Waals surface area contributed by atoms with E-state index in [2.05, 4.69) is 15.2 Å². The summed E-state index contributed by atoms with van der Waals surface area (Å²) in [6, 6.07) is 2.83. The van der Waals surface area contributed by atoms with Gasteiger partial charge in [-0.3, -0.25) is 0 Å². The average Bonchev–Trinajstić information content (AvgIpc) is 2.57. The Labute approximate surface area is 109 Å². The summed E-state index contributed by atoms with van der Waals surface area (Å²) in [6.07, 6.45) is -2.27. The highest BCUT2D eigenvalue weighted by Gasteiger charge is 2.39. The highest BCUT2D eigenvalue weighted by molar-refractivity contribution is 5.47. The number of fused-ring (bicyclic) bond motifs is 2. The Morgan fingerprint density at radius 3 is 2.42 bits per heavy atom. The highest BCUT2D eigenvalue weighted by atomic mass is 19.4. The van der Waals surface area contributed by atoms with Crippen molar-refractivity contribution < 1.29 is 13.2 Å². The molecule has 19 heavy (non-hydrogen) atoms. The van der Waals surface area contributed by atoms with E-state index in [-0.39, 0.29) is 12.1 Å². The zero-order chi connectivity index (χ0) is 13.6. The molecule has 2 aliphatic rings. The lowest BCUT2D eigenvalue weighted by molar-refractivity contribution is -0.137. The van der Waals surface area contributed by atoms with Gasteiger partial charge in [-0.1, -0.05) is 0 Å². The normalized spacial score (nSPS) is 26.8. The number of rotatable bonds is 1. The molecule has 0 saturated carbocycles. The van der Waals surface area contributed by atoms with Crippen LogP contribution in [0.2, 0.25) is 0 Å². The summed E-state index contributed by atoms with van der Waals surface area (Å²) in [5, 5.41) is 3.31. The minimum absolute atomic E-state index is 0.272. The molecule has 3 nitrogen and oxygen atoms in total. The first kappa shape index (κ1) is 12.7. The maximum atomic E-state index is 12.9. The zero-order valence-corrected chi connectivity index (χ0v) is 10.7. The predicted octanol–water partition coefficient (Wildman–Crippen LogP) is 2.35. The van der Waals surface area contributed by atoms with Crippen molar-refractivity contribution in [2.45, 2.75) is 38.0 Å². The number of hydrogen-bond acceptors (Lipinski definition) is 3. The van der Waals surface area contributed by atoms with Gasteiger partial charge in [-0.15, -0.1) is 0 Å². The zero-order valence-electron chi connectivity index (χ0n) is 10.7. The molecule has 1 aromatic heterocycles. The molecule has 104 valence electrons. The molecule has 2 atom stereocenters. The number of alkyl halides is 3. The van der Waals surface area contributed by atoms with Crippen LogP contribution < -0.4 is 10.2 Å². The molecule has 6 heteroatoms. The third kappa shape index (κ3) is 2.29. The van der Waals surface area contributed by atoms with Crippen LogP contribution in [0.25, 0.3) is 0 Å². The topological polar surface area (TPSA) is 28.2 Å². The molecule has 2 bridgehead atoms. The number of halogens is 3. The van der Waals surface area contributed by atoms with Crippen LogP contribution in [0.4, 0.5) is 19.0 Å². The third-order valence-corrected chi connectivity index (χ3v) is 3.91. The lowest BCUT2D eigenvalue weighted by Crippen LogP contribution is -2.52. The fourth-order valence-electron chi connectivity index (χ4n) is 3.10. The lowest BCUT2D eigenvalue weighted by Gasteiger charge is -2.36. The minimum atomic E-state index is -4.31. The van der Waals surface area contributed by atoms with E-state index in [0.29, 0.717) is 11.5 Å². The van der Waals surface area contributed by atoms with E-state index < -0.39 is 11.7 Å². The fourth-order valence-corrected chi connectivity index (χ4v) is 3.10. The van der Waals surface area contributed by atoms with Gasteiger partial charge in [-0.05, 0) is 31.9 Å². The number of pyridine rings is 1. The molecule has 2 aliphatic heterocycles.